The maximum atomic E-state index is 12.8. The molecule has 0 aliphatic heterocycles. The summed E-state index contributed by atoms with van der Waals surface area (Å²) in [6, 6.07) is 18.5. The monoisotopic (exact) mass is 420 g/mol. The van der Waals surface area contributed by atoms with Gasteiger partial charge in [0.05, 0.1) is 10.9 Å². The van der Waals surface area contributed by atoms with E-state index in [4.69, 9.17) is 25.5 Å². The minimum atomic E-state index is -0.538. The molecule has 0 fully saturated rings. The third kappa shape index (κ3) is 4.07. The van der Waals surface area contributed by atoms with Gasteiger partial charge in [-0.05, 0) is 54.4 Å². The Balaban J connectivity index is 1.60. The Hall–Kier alpha value is -3.57. The van der Waals surface area contributed by atoms with Gasteiger partial charge in [-0.3, -0.25) is 4.79 Å². The Kier molecular flexibility index (Phi) is 5.55. The first-order valence-corrected chi connectivity index (χ1v) is 9.72. The molecule has 0 spiro atoms. The van der Waals surface area contributed by atoms with Crippen LogP contribution in [0.25, 0.3) is 11.0 Å². The number of hydrogen-bond donors (Lipinski definition) is 0. The number of benzene rings is 3. The number of carbonyl (C=O) groups is 1. The van der Waals surface area contributed by atoms with E-state index < -0.39 is 5.97 Å². The fourth-order valence-corrected chi connectivity index (χ4v) is 3.12. The van der Waals surface area contributed by atoms with Gasteiger partial charge in [0.2, 0.25) is 11.2 Å². The Morgan fingerprint density at radius 1 is 1.00 bits per heavy atom. The number of ether oxygens (including phenoxy) is 2. The Morgan fingerprint density at radius 3 is 2.53 bits per heavy atom. The van der Waals surface area contributed by atoms with Crippen molar-refractivity contribution in [1.82, 2.24) is 0 Å². The highest BCUT2D eigenvalue weighted by Gasteiger charge is 2.14. The molecule has 0 aliphatic rings. The molecular weight excluding hydrogens is 404 g/mol. The fraction of sp³-hybridized carbons (Fsp3) is 0.0833. The van der Waals surface area contributed by atoms with E-state index in [-0.39, 0.29) is 22.5 Å². The lowest BCUT2D eigenvalue weighted by Crippen LogP contribution is -2.09. The molecule has 0 atom stereocenters. The smallest absolute Gasteiger partial charge is 0.343 e. The second-order valence-corrected chi connectivity index (χ2v) is 6.98. The van der Waals surface area contributed by atoms with E-state index in [9.17, 15) is 9.59 Å². The van der Waals surface area contributed by atoms with Crippen LogP contribution in [0, 0.1) is 0 Å². The first-order valence-electron chi connectivity index (χ1n) is 9.34. The average Bonchev–Trinajstić information content (AvgIpc) is 2.76. The maximum Gasteiger partial charge on any atom is 0.343 e. The SMILES string of the molecule is CCc1ccccc1Oc1coc2cc(OC(=O)c3ccc(Cl)cc3)ccc2c1=O. The van der Waals surface area contributed by atoms with Crippen LogP contribution in [-0.4, -0.2) is 5.97 Å². The molecule has 0 radical (unpaired) electrons. The molecule has 0 amide bonds. The van der Waals surface area contributed by atoms with E-state index in [2.05, 4.69) is 0 Å². The van der Waals surface area contributed by atoms with Crippen LogP contribution in [0.5, 0.6) is 17.2 Å². The zero-order valence-corrected chi connectivity index (χ0v) is 16.8. The van der Waals surface area contributed by atoms with E-state index in [1.165, 1.54) is 18.4 Å². The predicted octanol–water partition coefficient (Wildman–Crippen LogP) is 6.02. The molecular formula is C24H17ClO5. The molecule has 30 heavy (non-hydrogen) atoms. The van der Waals surface area contributed by atoms with Gasteiger partial charge in [-0.25, -0.2) is 4.79 Å². The largest absolute Gasteiger partial charge is 0.460 e. The standard InChI is InChI=1S/C24H17ClO5/c1-2-15-5-3-4-6-20(15)30-22-14-28-21-13-18(11-12-19(21)23(22)26)29-24(27)16-7-9-17(25)10-8-16/h3-14H,2H2,1H3. The van der Waals surface area contributed by atoms with Crippen LogP contribution in [0.1, 0.15) is 22.8 Å². The number of halogens is 1. The average molecular weight is 421 g/mol. The molecule has 6 heteroatoms. The van der Waals surface area contributed by atoms with Crippen molar-refractivity contribution in [2.24, 2.45) is 0 Å². The normalized spacial score (nSPS) is 10.7. The van der Waals surface area contributed by atoms with Gasteiger partial charge in [0.25, 0.3) is 0 Å². The van der Waals surface area contributed by atoms with Crippen molar-refractivity contribution in [1.29, 1.82) is 0 Å². The molecule has 3 aromatic carbocycles. The minimum Gasteiger partial charge on any atom is -0.460 e. The lowest BCUT2D eigenvalue weighted by atomic mass is 10.1. The van der Waals surface area contributed by atoms with E-state index in [1.807, 2.05) is 31.2 Å². The quantitative estimate of drug-likeness (QED) is 0.291. The molecule has 0 bridgehead atoms. The van der Waals surface area contributed by atoms with Crippen molar-refractivity contribution in [2.45, 2.75) is 13.3 Å². The van der Waals surface area contributed by atoms with Crippen LogP contribution in [-0.2, 0) is 6.42 Å². The van der Waals surface area contributed by atoms with Crippen molar-refractivity contribution >= 4 is 28.5 Å². The molecule has 4 rings (SSSR count). The Morgan fingerprint density at radius 2 is 1.77 bits per heavy atom. The summed E-state index contributed by atoms with van der Waals surface area (Å²) in [5.41, 5.74) is 1.33. The number of esters is 1. The van der Waals surface area contributed by atoms with Crippen molar-refractivity contribution in [3.8, 4) is 17.2 Å². The molecule has 1 heterocycles. The first-order chi connectivity index (χ1) is 14.5. The number of hydrogen-bond acceptors (Lipinski definition) is 5. The fourth-order valence-electron chi connectivity index (χ4n) is 2.99. The second-order valence-electron chi connectivity index (χ2n) is 6.55. The zero-order valence-electron chi connectivity index (χ0n) is 16.1. The summed E-state index contributed by atoms with van der Waals surface area (Å²) in [6.45, 7) is 2.01. The van der Waals surface area contributed by atoms with Crippen LogP contribution < -0.4 is 14.9 Å². The Labute approximate surface area is 177 Å². The van der Waals surface area contributed by atoms with Gasteiger partial charge in [-0.1, -0.05) is 36.7 Å². The van der Waals surface area contributed by atoms with Crippen LogP contribution in [0.4, 0.5) is 0 Å². The topological polar surface area (TPSA) is 65.7 Å². The van der Waals surface area contributed by atoms with Crippen LogP contribution >= 0.6 is 11.6 Å². The van der Waals surface area contributed by atoms with Crippen LogP contribution in [0.15, 0.2) is 82.2 Å². The Bertz CT molecular complexity index is 1280. The number of rotatable bonds is 5. The summed E-state index contributed by atoms with van der Waals surface area (Å²) < 4.78 is 16.7. The molecule has 4 aromatic rings. The van der Waals surface area contributed by atoms with E-state index in [0.29, 0.717) is 21.7 Å². The van der Waals surface area contributed by atoms with Crippen LogP contribution in [0.3, 0.4) is 0 Å². The summed E-state index contributed by atoms with van der Waals surface area (Å²) in [7, 11) is 0. The third-order valence-corrected chi connectivity index (χ3v) is 4.83. The van der Waals surface area contributed by atoms with Crippen molar-refractivity contribution in [3.05, 3.63) is 99.4 Å². The molecule has 150 valence electrons. The summed E-state index contributed by atoms with van der Waals surface area (Å²) in [5, 5.41) is 0.853. The van der Waals surface area contributed by atoms with E-state index in [1.54, 1.807) is 30.3 Å². The summed E-state index contributed by atoms with van der Waals surface area (Å²) in [6.07, 6.45) is 2.04. The van der Waals surface area contributed by atoms with Gasteiger partial charge >= 0.3 is 5.97 Å². The predicted molar refractivity (Wildman–Crippen MR) is 115 cm³/mol. The zero-order chi connectivity index (χ0) is 21.1. The van der Waals surface area contributed by atoms with Gasteiger partial charge in [-0.15, -0.1) is 0 Å². The lowest BCUT2D eigenvalue weighted by Gasteiger charge is -2.10. The molecule has 0 saturated carbocycles. The highest BCUT2D eigenvalue weighted by molar-refractivity contribution is 6.30. The van der Waals surface area contributed by atoms with Crippen LogP contribution in [0.2, 0.25) is 5.02 Å². The lowest BCUT2D eigenvalue weighted by molar-refractivity contribution is 0.0735. The maximum absolute atomic E-state index is 12.8. The summed E-state index contributed by atoms with van der Waals surface area (Å²) in [4.78, 5) is 25.1. The minimum absolute atomic E-state index is 0.0920. The van der Waals surface area contributed by atoms with E-state index >= 15 is 0 Å². The van der Waals surface area contributed by atoms with Crippen molar-refractivity contribution in [2.75, 3.05) is 0 Å². The number of aryl methyl sites for hydroxylation is 1. The molecule has 0 saturated heterocycles. The molecule has 1 aromatic heterocycles. The molecule has 0 unspecified atom stereocenters. The van der Waals surface area contributed by atoms with Gasteiger partial charge in [0, 0.05) is 11.1 Å². The van der Waals surface area contributed by atoms with Crippen molar-refractivity contribution < 1.29 is 18.7 Å². The van der Waals surface area contributed by atoms with Crippen molar-refractivity contribution in [3.63, 3.8) is 0 Å². The second kappa shape index (κ2) is 8.43. The van der Waals surface area contributed by atoms with Gasteiger partial charge in [-0.2, -0.15) is 0 Å². The number of fused-ring (bicyclic) bond motifs is 1. The highest BCUT2D eigenvalue weighted by Crippen LogP contribution is 2.27. The van der Waals surface area contributed by atoms with Gasteiger partial charge in [0.1, 0.15) is 23.3 Å². The summed E-state index contributed by atoms with van der Waals surface area (Å²) >= 11 is 5.83. The third-order valence-electron chi connectivity index (χ3n) is 4.58. The summed E-state index contributed by atoms with van der Waals surface area (Å²) in [5.74, 6) is 0.426. The van der Waals surface area contributed by atoms with Gasteiger partial charge < -0.3 is 13.9 Å². The van der Waals surface area contributed by atoms with E-state index in [0.717, 1.165) is 12.0 Å². The number of carbonyl (C=O) groups excluding carboxylic acids is 1. The molecule has 5 nitrogen and oxygen atoms in total. The first kappa shape index (κ1) is 19.7. The number of para-hydroxylation sites is 1. The molecule has 0 aliphatic carbocycles. The van der Waals surface area contributed by atoms with Gasteiger partial charge in [0.15, 0.2) is 0 Å². The highest BCUT2D eigenvalue weighted by atomic mass is 35.5. The molecule has 0 N–H and O–H groups in total.